The minimum Gasteiger partial charge on any atom is -0.276 e. The molecule has 0 aromatic heterocycles. The second-order valence-electron chi connectivity index (χ2n) is 3.75. The minimum absolute atomic E-state index is 0.195. The van der Waals surface area contributed by atoms with Crippen LogP contribution in [0.25, 0.3) is 11.1 Å². The highest BCUT2D eigenvalue weighted by molar-refractivity contribution is 6.68. The molecule has 0 N–H and O–H groups in total. The molecule has 0 saturated carbocycles. The fourth-order valence-corrected chi connectivity index (χ4v) is 1.97. The van der Waals surface area contributed by atoms with E-state index >= 15 is 0 Å². The summed E-state index contributed by atoms with van der Waals surface area (Å²) in [5.74, 6) is -0.439. The molecule has 2 rings (SSSR count). The molecule has 0 unspecified atom stereocenters. The Hall–Kier alpha value is -1.67. The number of halogens is 2. The zero-order chi connectivity index (χ0) is 12.4. The van der Waals surface area contributed by atoms with Gasteiger partial charge in [0.2, 0.25) is 0 Å². The van der Waals surface area contributed by atoms with E-state index in [0.29, 0.717) is 5.56 Å². The number of hydrogen-bond donors (Lipinski definition) is 0. The van der Waals surface area contributed by atoms with Crippen molar-refractivity contribution in [1.29, 1.82) is 0 Å². The summed E-state index contributed by atoms with van der Waals surface area (Å²) in [5, 5.41) is -0.650. The highest BCUT2D eigenvalue weighted by atomic mass is 35.5. The van der Waals surface area contributed by atoms with Crippen molar-refractivity contribution in [3.8, 4) is 11.1 Å². The molecule has 0 saturated heterocycles. The fourth-order valence-electron chi connectivity index (χ4n) is 1.82. The van der Waals surface area contributed by atoms with Crippen molar-refractivity contribution in [3.63, 3.8) is 0 Å². The maximum Gasteiger partial charge on any atom is 0.253 e. The van der Waals surface area contributed by atoms with Gasteiger partial charge in [0.15, 0.2) is 0 Å². The van der Waals surface area contributed by atoms with E-state index < -0.39 is 11.1 Å². The second-order valence-corrected chi connectivity index (χ2v) is 4.09. The highest BCUT2D eigenvalue weighted by Gasteiger charge is 2.16. The third kappa shape index (κ3) is 2.22. The number of carbonyl (C=O) groups is 1. The van der Waals surface area contributed by atoms with E-state index in [9.17, 15) is 9.18 Å². The van der Waals surface area contributed by atoms with Gasteiger partial charge in [0.05, 0.1) is 0 Å². The molecule has 2 aromatic rings. The first kappa shape index (κ1) is 11.8. The first-order valence-electron chi connectivity index (χ1n) is 5.15. The van der Waals surface area contributed by atoms with Crippen LogP contribution in [0.15, 0.2) is 42.5 Å². The second kappa shape index (κ2) is 4.68. The van der Waals surface area contributed by atoms with Crippen LogP contribution >= 0.6 is 11.6 Å². The number of benzene rings is 2. The highest BCUT2D eigenvalue weighted by Crippen LogP contribution is 2.30. The molecule has 1 nitrogen and oxygen atoms in total. The lowest BCUT2D eigenvalue weighted by molar-refractivity contribution is 0.108. The summed E-state index contributed by atoms with van der Waals surface area (Å²) in [6.45, 7) is 1.87. The van der Waals surface area contributed by atoms with Crippen LogP contribution in [0.5, 0.6) is 0 Å². The van der Waals surface area contributed by atoms with Gasteiger partial charge in [-0.05, 0) is 41.8 Å². The SMILES string of the molecule is Cc1ccccc1-c1c(F)cccc1C(=O)Cl. The predicted molar refractivity (Wildman–Crippen MR) is 66.8 cm³/mol. The Balaban J connectivity index is 2.75. The van der Waals surface area contributed by atoms with E-state index in [1.54, 1.807) is 12.1 Å². The average Bonchev–Trinajstić information content (AvgIpc) is 2.30. The Labute approximate surface area is 104 Å². The van der Waals surface area contributed by atoms with Gasteiger partial charge in [0, 0.05) is 11.1 Å². The number of hydrogen-bond acceptors (Lipinski definition) is 1. The average molecular weight is 249 g/mol. The van der Waals surface area contributed by atoms with Crippen molar-refractivity contribution in [1.82, 2.24) is 0 Å². The standard InChI is InChI=1S/C14H10ClFO/c1-9-5-2-3-6-10(9)13-11(14(15)17)7-4-8-12(13)16/h2-8H,1H3. The summed E-state index contributed by atoms with van der Waals surface area (Å²) < 4.78 is 13.9. The van der Waals surface area contributed by atoms with Crippen LogP contribution in [0.4, 0.5) is 4.39 Å². The lowest BCUT2D eigenvalue weighted by Crippen LogP contribution is -1.98. The molecule has 0 aliphatic heterocycles. The summed E-state index contributed by atoms with van der Waals surface area (Å²) in [4.78, 5) is 11.3. The Morgan fingerprint density at radius 2 is 1.82 bits per heavy atom. The molecule has 0 radical (unpaired) electrons. The van der Waals surface area contributed by atoms with Gasteiger partial charge in [-0.15, -0.1) is 0 Å². The van der Waals surface area contributed by atoms with Crippen molar-refractivity contribution >= 4 is 16.8 Å². The molecule has 0 heterocycles. The molecule has 17 heavy (non-hydrogen) atoms. The summed E-state index contributed by atoms with van der Waals surface area (Å²) in [6, 6.07) is 11.6. The van der Waals surface area contributed by atoms with E-state index in [1.807, 2.05) is 19.1 Å². The Kier molecular flexibility index (Phi) is 3.25. The summed E-state index contributed by atoms with van der Waals surface area (Å²) in [7, 11) is 0. The number of rotatable bonds is 2. The van der Waals surface area contributed by atoms with Crippen molar-refractivity contribution in [3.05, 3.63) is 59.4 Å². The van der Waals surface area contributed by atoms with Gasteiger partial charge >= 0.3 is 0 Å². The molecule has 0 amide bonds. The quantitative estimate of drug-likeness (QED) is 0.729. The van der Waals surface area contributed by atoms with Gasteiger partial charge < -0.3 is 0 Å². The maximum atomic E-state index is 13.9. The van der Waals surface area contributed by atoms with E-state index in [-0.39, 0.29) is 11.1 Å². The summed E-state index contributed by atoms with van der Waals surface area (Å²) >= 11 is 5.48. The van der Waals surface area contributed by atoms with Gasteiger partial charge in [-0.2, -0.15) is 0 Å². The molecule has 0 aliphatic carbocycles. The van der Waals surface area contributed by atoms with Crippen LogP contribution in [0, 0.1) is 12.7 Å². The van der Waals surface area contributed by atoms with E-state index in [0.717, 1.165) is 5.56 Å². The van der Waals surface area contributed by atoms with Gasteiger partial charge in [-0.3, -0.25) is 4.79 Å². The summed E-state index contributed by atoms with van der Waals surface area (Å²) in [6.07, 6.45) is 0. The van der Waals surface area contributed by atoms with Gasteiger partial charge in [-0.25, -0.2) is 4.39 Å². The third-order valence-corrected chi connectivity index (χ3v) is 2.84. The molecule has 0 atom stereocenters. The normalized spacial score (nSPS) is 10.3. The molecule has 0 bridgehead atoms. The molecular weight excluding hydrogens is 239 g/mol. The maximum absolute atomic E-state index is 13.9. The van der Waals surface area contributed by atoms with Crippen molar-refractivity contribution in [2.45, 2.75) is 6.92 Å². The topological polar surface area (TPSA) is 17.1 Å². The van der Waals surface area contributed by atoms with Gasteiger partial charge in [-0.1, -0.05) is 30.3 Å². The zero-order valence-electron chi connectivity index (χ0n) is 9.21. The molecule has 0 fully saturated rings. The van der Waals surface area contributed by atoms with Crippen molar-refractivity contribution < 1.29 is 9.18 Å². The third-order valence-electron chi connectivity index (χ3n) is 2.64. The molecule has 0 aliphatic rings. The summed E-state index contributed by atoms with van der Waals surface area (Å²) in [5.41, 5.74) is 2.05. The van der Waals surface area contributed by atoms with E-state index in [2.05, 4.69) is 0 Å². The Bertz CT molecular complexity index is 578. The minimum atomic E-state index is -0.650. The fraction of sp³-hybridized carbons (Fsp3) is 0.0714. The van der Waals surface area contributed by atoms with Crippen LogP contribution in [0.3, 0.4) is 0 Å². The molecule has 0 spiro atoms. The zero-order valence-corrected chi connectivity index (χ0v) is 9.96. The van der Waals surface area contributed by atoms with Crippen LogP contribution in [0.1, 0.15) is 15.9 Å². The van der Waals surface area contributed by atoms with Crippen LogP contribution < -0.4 is 0 Å². The first-order valence-corrected chi connectivity index (χ1v) is 5.53. The van der Waals surface area contributed by atoms with Crippen molar-refractivity contribution in [2.75, 3.05) is 0 Å². The van der Waals surface area contributed by atoms with Gasteiger partial charge in [0.25, 0.3) is 5.24 Å². The van der Waals surface area contributed by atoms with Crippen molar-refractivity contribution in [2.24, 2.45) is 0 Å². The molecule has 3 heteroatoms. The lowest BCUT2D eigenvalue weighted by atomic mass is 9.96. The van der Waals surface area contributed by atoms with Crippen LogP contribution in [0.2, 0.25) is 0 Å². The molecule has 2 aromatic carbocycles. The largest absolute Gasteiger partial charge is 0.276 e. The van der Waals surface area contributed by atoms with Crippen LogP contribution in [-0.4, -0.2) is 5.24 Å². The number of aryl methyl sites for hydroxylation is 1. The molecular formula is C14H10ClFO. The van der Waals surface area contributed by atoms with Gasteiger partial charge in [0.1, 0.15) is 5.82 Å². The lowest BCUT2D eigenvalue weighted by Gasteiger charge is -2.10. The smallest absolute Gasteiger partial charge is 0.253 e. The van der Waals surface area contributed by atoms with Crippen LogP contribution in [-0.2, 0) is 0 Å². The Morgan fingerprint density at radius 1 is 1.12 bits per heavy atom. The monoisotopic (exact) mass is 248 g/mol. The molecule has 86 valence electrons. The predicted octanol–water partition coefficient (Wildman–Crippen LogP) is 4.18. The first-order chi connectivity index (χ1) is 8.11. The van der Waals surface area contributed by atoms with E-state index in [4.69, 9.17) is 11.6 Å². The Morgan fingerprint density at radius 3 is 2.47 bits per heavy atom. The van der Waals surface area contributed by atoms with E-state index in [1.165, 1.54) is 18.2 Å². The number of carbonyl (C=O) groups excluding carboxylic acids is 1.